The monoisotopic (exact) mass is 561 g/mol. The first-order valence-electron chi connectivity index (χ1n) is 12.5. The van der Waals surface area contributed by atoms with E-state index in [2.05, 4.69) is 20.6 Å². The molecule has 2 amide bonds. The number of nitrogens with zero attached hydrogens (tertiary/aromatic N) is 3. The Balaban J connectivity index is 1.26. The summed E-state index contributed by atoms with van der Waals surface area (Å²) in [7, 11) is 0. The SMILES string of the molecule is O=C(CCc1cccc(Oc2ccnc(NCCCN3CCCC3=O)n2)c1)Nc1ccc(Cl)c(C(F)(F)F)c1. The molecule has 8 nitrogen and oxygen atoms in total. The Kier molecular flexibility index (Phi) is 9.23. The van der Waals surface area contributed by atoms with Crippen LogP contribution in [0.25, 0.3) is 0 Å². The fraction of sp³-hybridized carbons (Fsp3) is 0.333. The van der Waals surface area contributed by atoms with Crippen LogP contribution < -0.4 is 15.4 Å². The highest BCUT2D eigenvalue weighted by atomic mass is 35.5. The molecule has 0 unspecified atom stereocenters. The zero-order valence-corrected chi connectivity index (χ0v) is 21.7. The maximum atomic E-state index is 13.1. The van der Waals surface area contributed by atoms with Gasteiger partial charge < -0.3 is 20.3 Å². The van der Waals surface area contributed by atoms with Gasteiger partial charge in [0.05, 0.1) is 10.6 Å². The lowest BCUT2D eigenvalue weighted by molar-refractivity contribution is -0.137. The Labute approximate surface area is 228 Å². The van der Waals surface area contributed by atoms with E-state index in [1.165, 1.54) is 6.07 Å². The molecule has 1 aromatic heterocycles. The quantitative estimate of drug-likeness (QED) is 0.281. The number of benzene rings is 2. The second kappa shape index (κ2) is 12.8. The number of carbonyl (C=O) groups excluding carboxylic acids is 2. The smallest absolute Gasteiger partial charge is 0.417 e. The minimum Gasteiger partial charge on any atom is -0.439 e. The highest BCUT2D eigenvalue weighted by Crippen LogP contribution is 2.36. The van der Waals surface area contributed by atoms with E-state index < -0.39 is 22.7 Å². The minimum atomic E-state index is -4.62. The molecule has 206 valence electrons. The largest absolute Gasteiger partial charge is 0.439 e. The summed E-state index contributed by atoms with van der Waals surface area (Å²) < 4.78 is 45.0. The van der Waals surface area contributed by atoms with Crippen molar-refractivity contribution in [1.29, 1.82) is 0 Å². The number of hydrogen-bond acceptors (Lipinski definition) is 6. The van der Waals surface area contributed by atoms with E-state index >= 15 is 0 Å². The van der Waals surface area contributed by atoms with Gasteiger partial charge in [-0.15, -0.1) is 0 Å². The van der Waals surface area contributed by atoms with E-state index in [4.69, 9.17) is 16.3 Å². The van der Waals surface area contributed by atoms with Crippen molar-refractivity contribution in [3.63, 3.8) is 0 Å². The van der Waals surface area contributed by atoms with E-state index in [9.17, 15) is 22.8 Å². The number of aromatic nitrogens is 2. The van der Waals surface area contributed by atoms with Gasteiger partial charge in [-0.05, 0) is 55.2 Å². The number of likely N-dealkylation sites (tertiary alicyclic amines) is 1. The molecule has 4 rings (SSSR count). The topological polar surface area (TPSA) is 96.5 Å². The van der Waals surface area contributed by atoms with Crippen LogP contribution in [-0.4, -0.2) is 46.3 Å². The summed E-state index contributed by atoms with van der Waals surface area (Å²) in [4.78, 5) is 34.4. The molecule has 0 bridgehead atoms. The third-order valence-electron chi connectivity index (χ3n) is 6.01. The lowest BCUT2D eigenvalue weighted by Crippen LogP contribution is -2.27. The molecule has 1 aliphatic rings. The first-order valence-corrected chi connectivity index (χ1v) is 12.8. The van der Waals surface area contributed by atoms with Crippen LogP contribution >= 0.6 is 11.6 Å². The van der Waals surface area contributed by atoms with Gasteiger partial charge in [-0.1, -0.05) is 23.7 Å². The van der Waals surface area contributed by atoms with Crippen LogP contribution in [0, 0.1) is 0 Å². The number of ether oxygens (including phenoxy) is 1. The number of carbonyl (C=O) groups is 2. The molecule has 0 saturated carbocycles. The normalized spacial score (nSPS) is 13.4. The van der Waals surface area contributed by atoms with Crippen LogP contribution in [0.4, 0.5) is 24.8 Å². The van der Waals surface area contributed by atoms with Gasteiger partial charge in [0, 0.05) is 50.4 Å². The maximum absolute atomic E-state index is 13.1. The summed E-state index contributed by atoms with van der Waals surface area (Å²) >= 11 is 5.63. The predicted octanol–water partition coefficient (Wildman–Crippen LogP) is 5.94. The fourth-order valence-electron chi connectivity index (χ4n) is 4.08. The van der Waals surface area contributed by atoms with Gasteiger partial charge >= 0.3 is 6.18 Å². The second-order valence-electron chi connectivity index (χ2n) is 8.97. The van der Waals surface area contributed by atoms with E-state index in [0.717, 1.165) is 37.1 Å². The summed E-state index contributed by atoms with van der Waals surface area (Å²) in [5.41, 5.74) is -0.182. The molecule has 1 saturated heterocycles. The molecule has 3 aromatic rings. The van der Waals surface area contributed by atoms with Gasteiger partial charge in [0.1, 0.15) is 5.75 Å². The average Bonchev–Trinajstić information content (AvgIpc) is 3.31. The van der Waals surface area contributed by atoms with E-state index in [1.54, 1.807) is 30.5 Å². The number of alkyl halides is 3. The predicted molar refractivity (Wildman–Crippen MR) is 141 cm³/mol. The molecule has 0 atom stereocenters. The number of anilines is 2. The lowest BCUT2D eigenvalue weighted by Gasteiger charge is -2.15. The van der Waals surface area contributed by atoms with E-state index in [1.807, 2.05) is 11.0 Å². The van der Waals surface area contributed by atoms with Gasteiger partial charge in [-0.2, -0.15) is 18.2 Å². The molecule has 1 fully saturated rings. The third-order valence-corrected chi connectivity index (χ3v) is 6.34. The Bertz CT molecular complexity index is 1320. The van der Waals surface area contributed by atoms with Crippen LogP contribution in [0.1, 0.15) is 36.8 Å². The van der Waals surface area contributed by atoms with E-state index in [0.29, 0.717) is 43.5 Å². The van der Waals surface area contributed by atoms with E-state index in [-0.39, 0.29) is 18.0 Å². The maximum Gasteiger partial charge on any atom is 0.417 e. The number of halogens is 4. The fourth-order valence-corrected chi connectivity index (χ4v) is 4.31. The molecular weight excluding hydrogens is 535 g/mol. The Morgan fingerprint density at radius 1 is 1.15 bits per heavy atom. The molecule has 0 aliphatic carbocycles. The summed E-state index contributed by atoms with van der Waals surface area (Å²) in [6.07, 6.45) is -0.329. The Morgan fingerprint density at radius 2 is 2.00 bits per heavy atom. The molecule has 2 N–H and O–H groups in total. The Morgan fingerprint density at radius 3 is 2.77 bits per heavy atom. The lowest BCUT2D eigenvalue weighted by atomic mass is 10.1. The van der Waals surface area contributed by atoms with Gasteiger partial charge in [0.15, 0.2) is 0 Å². The molecule has 12 heteroatoms. The second-order valence-corrected chi connectivity index (χ2v) is 9.38. The van der Waals surface area contributed by atoms with Crippen molar-refractivity contribution in [3.05, 3.63) is 70.9 Å². The zero-order chi connectivity index (χ0) is 27.8. The molecular formula is C27H27ClF3N5O3. The summed E-state index contributed by atoms with van der Waals surface area (Å²) in [6, 6.07) is 12.0. The zero-order valence-electron chi connectivity index (χ0n) is 20.9. The number of hydrogen-bond donors (Lipinski definition) is 2. The van der Waals surface area contributed by atoms with Crippen LogP contribution in [0.15, 0.2) is 54.7 Å². The van der Waals surface area contributed by atoms with Crippen molar-refractivity contribution < 1.29 is 27.5 Å². The van der Waals surface area contributed by atoms with Gasteiger partial charge in [0.25, 0.3) is 0 Å². The molecule has 2 aromatic carbocycles. The molecule has 0 spiro atoms. The Hall–Kier alpha value is -3.86. The molecule has 1 aliphatic heterocycles. The first kappa shape index (κ1) is 28.2. The highest BCUT2D eigenvalue weighted by molar-refractivity contribution is 6.31. The van der Waals surface area contributed by atoms with Crippen LogP contribution in [-0.2, 0) is 22.2 Å². The van der Waals surface area contributed by atoms with Crippen molar-refractivity contribution in [2.45, 2.75) is 38.3 Å². The van der Waals surface area contributed by atoms with Crippen molar-refractivity contribution in [1.82, 2.24) is 14.9 Å². The minimum absolute atomic E-state index is 0.0199. The highest BCUT2D eigenvalue weighted by Gasteiger charge is 2.33. The summed E-state index contributed by atoms with van der Waals surface area (Å²) in [5.74, 6) is 1.02. The molecule has 0 radical (unpaired) electrons. The van der Waals surface area contributed by atoms with Crippen molar-refractivity contribution in [2.24, 2.45) is 0 Å². The summed E-state index contributed by atoms with van der Waals surface area (Å²) in [6.45, 7) is 2.12. The number of aryl methyl sites for hydroxylation is 1. The average molecular weight is 562 g/mol. The van der Waals surface area contributed by atoms with Crippen LogP contribution in [0.5, 0.6) is 11.6 Å². The number of amides is 2. The molecule has 39 heavy (non-hydrogen) atoms. The third kappa shape index (κ3) is 8.31. The number of nitrogens with one attached hydrogen (secondary N) is 2. The van der Waals surface area contributed by atoms with Crippen molar-refractivity contribution in [3.8, 4) is 11.6 Å². The van der Waals surface area contributed by atoms with Gasteiger partial charge in [-0.25, -0.2) is 4.98 Å². The van der Waals surface area contributed by atoms with Crippen LogP contribution in [0.2, 0.25) is 5.02 Å². The van der Waals surface area contributed by atoms with Crippen LogP contribution in [0.3, 0.4) is 0 Å². The molecule has 2 heterocycles. The number of rotatable bonds is 11. The van der Waals surface area contributed by atoms with Crippen molar-refractivity contribution >= 4 is 35.1 Å². The summed E-state index contributed by atoms with van der Waals surface area (Å²) in [5, 5.41) is 5.18. The first-order chi connectivity index (χ1) is 18.7. The van der Waals surface area contributed by atoms with Gasteiger partial charge in [-0.3, -0.25) is 9.59 Å². The van der Waals surface area contributed by atoms with Gasteiger partial charge in [0.2, 0.25) is 23.6 Å². The standard InChI is InChI=1S/C27H27ClF3N5O3/c28-22-9-8-19(17-21(22)27(29,30)31)34-23(37)10-7-18-4-1-5-20(16-18)39-24-11-13-33-26(35-24)32-12-3-15-36-14-2-6-25(36)38/h1,4-5,8-9,11,13,16-17H,2-3,6-7,10,12,14-15H2,(H,34,37)(H,32,33,35). The van der Waals surface area contributed by atoms with Crippen molar-refractivity contribution in [2.75, 3.05) is 30.3 Å².